The summed E-state index contributed by atoms with van der Waals surface area (Å²) < 4.78 is 0. The Bertz CT molecular complexity index is 2480. The topological polar surface area (TPSA) is 25.8 Å². The van der Waals surface area contributed by atoms with Gasteiger partial charge in [-0.1, -0.05) is 164 Å². The van der Waals surface area contributed by atoms with E-state index in [2.05, 4.69) is 170 Å². The van der Waals surface area contributed by atoms with E-state index >= 15 is 0 Å². The first kappa shape index (κ1) is 26.1. The van der Waals surface area contributed by atoms with E-state index in [0.717, 1.165) is 39.1 Å². The number of para-hydroxylation sites is 1. The summed E-state index contributed by atoms with van der Waals surface area (Å²) >= 11 is 0. The minimum Gasteiger partial charge on any atom is -0.228 e. The summed E-state index contributed by atoms with van der Waals surface area (Å²) in [4.78, 5) is 10.7. The van der Waals surface area contributed by atoms with Gasteiger partial charge in [-0.15, -0.1) is 0 Å². The fourth-order valence-electron chi connectivity index (χ4n) is 8.29. The Morgan fingerprint density at radius 1 is 0.340 bits per heavy atom. The molecule has 0 saturated carbocycles. The van der Waals surface area contributed by atoms with E-state index in [1.165, 1.54) is 50.1 Å². The van der Waals surface area contributed by atoms with Crippen LogP contribution in [0.15, 0.2) is 170 Å². The predicted molar refractivity (Wildman–Crippen MR) is 192 cm³/mol. The molecule has 0 fully saturated rings. The van der Waals surface area contributed by atoms with Crippen molar-refractivity contribution in [3.8, 4) is 56.0 Å². The molecule has 218 valence electrons. The van der Waals surface area contributed by atoms with E-state index in [0.29, 0.717) is 0 Å². The molecule has 1 spiro atoms. The summed E-state index contributed by atoms with van der Waals surface area (Å²) in [5, 5.41) is 1.04. The highest BCUT2D eigenvalue weighted by atomic mass is 14.9. The van der Waals surface area contributed by atoms with Crippen LogP contribution in [0.25, 0.3) is 66.9 Å². The first-order valence-electron chi connectivity index (χ1n) is 16.2. The molecule has 10 rings (SSSR count). The smallest absolute Gasteiger partial charge is 0.161 e. The third-order valence-corrected chi connectivity index (χ3v) is 10.1. The van der Waals surface area contributed by atoms with E-state index in [4.69, 9.17) is 9.97 Å². The van der Waals surface area contributed by atoms with Gasteiger partial charge in [-0.3, -0.25) is 0 Å². The van der Waals surface area contributed by atoms with Crippen LogP contribution < -0.4 is 0 Å². The SMILES string of the molecule is c1ccc(-c2ccccc2-c2nc(-c3cccc4c3-c3ccccc3C43c4ccccc4-c4ccccc43)nc3ccccc23)cc1. The first-order valence-corrected chi connectivity index (χ1v) is 16.2. The third kappa shape index (κ3) is 3.55. The summed E-state index contributed by atoms with van der Waals surface area (Å²) in [6.45, 7) is 0. The second-order valence-corrected chi connectivity index (χ2v) is 12.4. The van der Waals surface area contributed by atoms with Crippen LogP contribution in [0, 0.1) is 0 Å². The van der Waals surface area contributed by atoms with Crippen LogP contribution in [-0.2, 0) is 5.41 Å². The number of hydrogen-bond acceptors (Lipinski definition) is 2. The third-order valence-electron chi connectivity index (χ3n) is 10.1. The maximum Gasteiger partial charge on any atom is 0.161 e. The number of benzene rings is 7. The van der Waals surface area contributed by atoms with Gasteiger partial charge in [-0.05, 0) is 61.7 Å². The number of rotatable bonds is 3. The molecule has 0 aliphatic heterocycles. The van der Waals surface area contributed by atoms with Crippen LogP contribution in [-0.4, -0.2) is 9.97 Å². The number of hydrogen-bond donors (Lipinski definition) is 0. The fraction of sp³-hybridized carbons (Fsp3) is 0.0222. The monoisotopic (exact) mass is 596 g/mol. The molecule has 2 aliphatic rings. The average molecular weight is 597 g/mol. The van der Waals surface area contributed by atoms with Gasteiger partial charge >= 0.3 is 0 Å². The second-order valence-electron chi connectivity index (χ2n) is 12.4. The Hall–Kier alpha value is -6.12. The van der Waals surface area contributed by atoms with Crippen LogP contribution in [0.1, 0.15) is 22.3 Å². The van der Waals surface area contributed by atoms with E-state index in [1.54, 1.807) is 0 Å². The molecule has 8 aromatic rings. The maximum absolute atomic E-state index is 5.47. The molecule has 0 radical (unpaired) electrons. The van der Waals surface area contributed by atoms with Gasteiger partial charge in [0.25, 0.3) is 0 Å². The largest absolute Gasteiger partial charge is 0.228 e. The van der Waals surface area contributed by atoms with Gasteiger partial charge in [0.05, 0.1) is 16.6 Å². The minimum atomic E-state index is -0.408. The Morgan fingerprint density at radius 3 is 1.57 bits per heavy atom. The van der Waals surface area contributed by atoms with Crippen molar-refractivity contribution < 1.29 is 0 Å². The molecular weight excluding hydrogens is 569 g/mol. The molecule has 2 aliphatic carbocycles. The molecule has 0 amide bonds. The van der Waals surface area contributed by atoms with Crippen LogP contribution in [0.3, 0.4) is 0 Å². The van der Waals surface area contributed by atoms with Crippen molar-refractivity contribution in [3.05, 3.63) is 192 Å². The zero-order valence-corrected chi connectivity index (χ0v) is 25.6. The Morgan fingerprint density at radius 2 is 0.851 bits per heavy atom. The molecule has 0 bridgehead atoms. The highest BCUT2D eigenvalue weighted by Gasteiger charge is 2.52. The second kappa shape index (κ2) is 9.94. The van der Waals surface area contributed by atoms with Crippen molar-refractivity contribution in [1.82, 2.24) is 9.97 Å². The van der Waals surface area contributed by atoms with Crippen LogP contribution in [0.2, 0.25) is 0 Å². The number of aromatic nitrogens is 2. The lowest BCUT2D eigenvalue weighted by Gasteiger charge is -2.30. The summed E-state index contributed by atoms with van der Waals surface area (Å²) in [5.74, 6) is 0.741. The molecule has 1 heterocycles. The van der Waals surface area contributed by atoms with Gasteiger partial charge in [-0.2, -0.15) is 0 Å². The molecule has 0 N–H and O–H groups in total. The summed E-state index contributed by atoms with van der Waals surface area (Å²) in [7, 11) is 0. The average Bonchev–Trinajstić information content (AvgIpc) is 3.62. The lowest BCUT2D eigenvalue weighted by molar-refractivity contribution is 0.794. The molecule has 1 aromatic heterocycles. The van der Waals surface area contributed by atoms with Gasteiger partial charge in [0, 0.05) is 16.5 Å². The molecule has 0 unspecified atom stereocenters. The van der Waals surface area contributed by atoms with Crippen molar-refractivity contribution in [1.29, 1.82) is 0 Å². The van der Waals surface area contributed by atoms with E-state index in [1.807, 2.05) is 0 Å². The maximum atomic E-state index is 5.47. The molecule has 47 heavy (non-hydrogen) atoms. The van der Waals surface area contributed by atoms with Crippen molar-refractivity contribution in [3.63, 3.8) is 0 Å². The van der Waals surface area contributed by atoms with Crippen molar-refractivity contribution >= 4 is 10.9 Å². The fourth-order valence-corrected chi connectivity index (χ4v) is 8.29. The lowest BCUT2D eigenvalue weighted by atomic mass is 9.70. The highest BCUT2D eigenvalue weighted by molar-refractivity contribution is 6.02. The molecule has 2 nitrogen and oxygen atoms in total. The van der Waals surface area contributed by atoms with Gasteiger partial charge < -0.3 is 0 Å². The summed E-state index contributed by atoms with van der Waals surface area (Å²) in [5.41, 5.74) is 16.3. The van der Waals surface area contributed by atoms with Crippen LogP contribution in [0.5, 0.6) is 0 Å². The zero-order chi connectivity index (χ0) is 31.0. The lowest BCUT2D eigenvalue weighted by Crippen LogP contribution is -2.25. The molecule has 2 heteroatoms. The predicted octanol–water partition coefficient (Wildman–Crippen LogP) is 11.0. The molecule has 0 atom stereocenters. The normalized spacial score (nSPS) is 13.3. The van der Waals surface area contributed by atoms with E-state index in [9.17, 15) is 0 Å². The zero-order valence-electron chi connectivity index (χ0n) is 25.6. The minimum absolute atomic E-state index is 0.408. The van der Waals surface area contributed by atoms with Crippen molar-refractivity contribution in [2.45, 2.75) is 5.41 Å². The van der Waals surface area contributed by atoms with Crippen molar-refractivity contribution in [2.75, 3.05) is 0 Å². The summed E-state index contributed by atoms with van der Waals surface area (Å²) in [6.07, 6.45) is 0. The van der Waals surface area contributed by atoms with Gasteiger partial charge in [-0.25, -0.2) is 9.97 Å². The van der Waals surface area contributed by atoms with Crippen LogP contribution in [0.4, 0.5) is 0 Å². The van der Waals surface area contributed by atoms with Crippen LogP contribution >= 0.6 is 0 Å². The van der Waals surface area contributed by atoms with E-state index in [-0.39, 0.29) is 0 Å². The number of fused-ring (bicyclic) bond motifs is 11. The van der Waals surface area contributed by atoms with Gasteiger partial charge in [0.1, 0.15) is 0 Å². The van der Waals surface area contributed by atoms with Gasteiger partial charge in [0.2, 0.25) is 0 Å². The van der Waals surface area contributed by atoms with E-state index < -0.39 is 5.41 Å². The quantitative estimate of drug-likeness (QED) is 0.203. The Balaban J connectivity index is 1.28. The standard InChI is InChI=1S/C45H28N2/c1-2-15-29(16-3-1)30-17-4-5-20-33(30)43-35-22-9-13-28-41(35)46-44(47-43)36-23-14-27-40-42(36)34-21-8-12-26-39(34)45(40)37-24-10-6-18-31(37)32-19-7-11-25-38(32)45/h1-28H. The molecule has 7 aromatic carbocycles. The van der Waals surface area contributed by atoms with Crippen molar-refractivity contribution in [2.24, 2.45) is 0 Å². The Labute approximate surface area is 273 Å². The molecule has 0 saturated heterocycles. The number of nitrogens with zero attached hydrogens (tertiary/aromatic N) is 2. The van der Waals surface area contributed by atoms with Gasteiger partial charge in [0.15, 0.2) is 5.82 Å². The highest BCUT2D eigenvalue weighted by Crippen LogP contribution is 2.63. The summed E-state index contributed by atoms with van der Waals surface area (Å²) in [6, 6.07) is 61.1. The molecular formula is C45H28N2. The first-order chi connectivity index (χ1) is 23.3. The Kier molecular flexibility index (Phi) is 5.53.